The molecular formula is C18H25N5O. The summed E-state index contributed by atoms with van der Waals surface area (Å²) in [6.45, 7) is 9.30. The fourth-order valence-electron chi connectivity index (χ4n) is 2.45. The highest BCUT2D eigenvalue weighted by atomic mass is 16.2. The van der Waals surface area contributed by atoms with Gasteiger partial charge < -0.3 is 15.5 Å². The summed E-state index contributed by atoms with van der Waals surface area (Å²) < 4.78 is 0. The van der Waals surface area contributed by atoms with Crippen LogP contribution in [0.4, 0.5) is 22.0 Å². The van der Waals surface area contributed by atoms with E-state index < -0.39 is 0 Å². The number of anilines is 3. The maximum Gasteiger partial charge on any atom is 0.321 e. The average Bonchev–Trinajstić information content (AvgIpc) is 2.56. The van der Waals surface area contributed by atoms with E-state index >= 15 is 0 Å². The van der Waals surface area contributed by atoms with E-state index in [9.17, 15) is 4.79 Å². The number of nitrogens with zero attached hydrogens (tertiary/aromatic N) is 3. The minimum Gasteiger partial charge on any atom is -0.340 e. The number of carbonyl (C=O) groups is 1. The summed E-state index contributed by atoms with van der Waals surface area (Å²) >= 11 is 0. The highest BCUT2D eigenvalue weighted by molar-refractivity contribution is 5.91. The van der Waals surface area contributed by atoms with Gasteiger partial charge >= 0.3 is 6.03 Å². The predicted molar refractivity (Wildman–Crippen MR) is 97.8 cm³/mol. The summed E-state index contributed by atoms with van der Waals surface area (Å²) in [6, 6.07) is 7.75. The fraction of sp³-hybridized carbons (Fsp3) is 0.389. The van der Waals surface area contributed by atoms with Gasteiger partial charge in [-0.15, -0.1) is 0 Å². The van der Waals surface area contributed by atoms with Crippen LogP contribution >= 0.6 is 0 Å². The summed E-state index contributed by atoms with van der Waals surface area (Å²) in [4.78, 5) is 22.4. The highest BCUT2D eigenvalue weighted by Gasteiger charge is 2.12. The Morgan fingerprint density at radius 1 is 1.12 bits per heavy atom. The molecule has 1 aromatic carbocycles. The Bertz CT molecular complexity index is 698. The maximum atomic E-state index is 12.3. The first kappa shape index (κ1) is 17.7. The van der Waals surface area contributed by atoms with Crippen molar-refractivity contribution in [2.24, 2.45) is 0 Å². The van der Waals surface area contributed by atoms with Crippen molar-refractivity contribution in [2.45, 2.75) is 34.1 Å². The third kappa shape index (κ3) is 4.44. The molecule has 6 heteroatoms. The molecule has 2 N–H and O–H groups in total. The van der Waals surface area contributed by atoms with Gasteiger partial charge in [-0.3, -0.25) is 0 Å². The molecule has 1 heterocycles. The maximum absolute atomic E-state index is 12.3. The van der Waals surface area contributed by atoms with E-state index in [0.717, 1.165) is 34.9 Å². The first-order valence-electron chi connectivity index (χ1n) is 8.31. The van der Waals surface area contributed by atoms with Crippen molar-refractivity contribution in [1.29, 1.82) is 0 Å². The molecule has 0 spiro atoms. The van der Waals surface area contributed by atoms with Crippen LogP contribution in [-0.2, 0) is 6.42 Å². The molecule has 1 aromatic heterocycles. The molecule has 0 saturated heterocycles. The minimum absolute atomic E-state index is 0.0790. The Kier molecular flexibility index (Phi) is 6.12. The summed E-state index contributed by atoms with van der Waals surface area (Å²) in [5.41, 5.74) is 3.69. The van der Waals surface area contributed by atoms with E-state index in [1.807, 2.05) is 45.0 Å². The molecule has 0 aliphatic rings. The van der Waals surface area contributed by atoms with Crippen LogP contribution in [0.2, 0.25) is 0 Å². The molecule has 0 bridgehead atoms. The molecule has 6 nitrogen and oxygen atoms in total. The van der Waals surface area contributed by atoms with Gasteiger partial charge in [0.25, 0.3) is 0 Å². The molecule has 0 fully saturated rings. The first-order valence-corrected chi connectivity index (χ1v) is 8.31. The number of urea groups is 1. The molecule has 2 aromatic rings. The molecule has 24 heavy (non-hydrogen) atoms. The Morgan fingerprint density at radius 2 is 1.88 bits per heavy atom. The normalized spacial score (nSPS) is 10.3. The van der Waals surface area contributed by atoms with E-state index in [0.29, 0.717) is 13.1 Å². The molecule has 0 aliphatic heterocycles. The van der Waals surface area contributed by atoms with E-state index in [2.05, 4.69) is 27.5 Å². The monoisotopic (exact) mass is 327 g/mol. The SMILES string of the molecule is CCc1ccc(Nc2cc(C)ncn2)cc1NC(=O)N(CC)CC. The number of amides is 2. The van der Waals surface area contributed by atoms with E-state index in [-0.39, 0.29) is 6.03 Å². The van der Waals surface area contributed by atoms with Crippen molar-refractivity contribution in [3.05, 3.63) is 41.9 Å². The summed E-state index contributed by atoms with van der Waals surface area (Å²) in [5, 5.41) is 6.27. The highest BCUT2D eigenvalue weighted by Crippen LogP contribution is 2.24. The van der Waals surface area contributed by atoms with Crippen molar-refractivity contribution >= 4 is 23.2 Å². The second-order valence-corrected chi connectivity index (χ2v) is 5.50. The Labute approximate surface area is 143 Å². The third-order valence-corrected chi connectivity index (χ3v) is 3.86. The van der Waals surface area contributed by atoms with E-state index in [4.69, 9.17) is 0 Å². The second-order valence-electron chi connectivity index (χ2n) is 5.50. The van der Waals surface area contributed by atoms with Crippen LogP contribution in [0.3, 0.4) is 0 Å². The zero-order valence-electron chi connectivity index (χ0n) is 14.8. The Balaban J connectivity index is 2.22. The lowest BCUT2D eigenvalue weighted by atomic mass is 10.1. The number of aryl methyl sites for hydroxylation is 2. The summed E-state index contributed by atoms with van der Waals surface area (Å²) in [6.07, 6.45) is 2.38. The minimum atomic E-state index is -0.0790. The van der Waals surface area contributed by atoms with Gasteiger partial charge in [0.1, 0.15) is 12.1 Å². The van der Waals surface area contributed by atoms with Crippen LogP contribution in [0.1, 0.15) is 32.0 Å². The molecule has 2 amide bonds. The van der Waals surface area contributed by atoms with Crippen LogP contribution in [0.5, 0.6) is 0 Å². The van der Waals surface area contributed by atoms with Gasteiger partial charge in [0.2, 0.25) is 0 Å². The number of aromatic nitrogens is 2. The standard InChI is InChI=1S/C18H25N5O/c1-5-14-8-9-15(21-17-10-13(4)19-12-20-17)11-16(14)22-18(24)23(6-2)7-3/h8-12H,5-7H2,1-4H3,(H,22,24)(H,19,20,21). The predicted octanol–water partition coefficient (Wildman–Crippen LogP) is 3.96. The van der Waals surface area contributed by atoms with Gasteiger partial charge in [0, 0.05) is 36.2 Å². The van der Waals surface area contributed by atoms with Crippen LogP contribution < -0.4 is 10.6 Å². The zero-order valence-corrected chi connectivity index (χ0v) is 14.8. The van der Waals surface area contributed by atoms with Gasteiger partial charge in [0.15, 0.2) is 0 Å². The van der Waals surface area contributed by atoms with Gasteiger partial charge in [-0.1, -0.05) is 13.0 Å². The number of benzene rings is 1. The second kappa shape index (κ2) is 8.29. The first-order chi connectivity index (χ1) is 11.6. The molecule has 0 saturated carbocycles. The number of hydrogen-bond acceptors (Lipinski definition) is 4. The molecule has 128 valence electrons. The third-order valence-electron chi connectivity index (χ3n) is 3.86. The number of rotatable bonds is 6. The van der Waals surface area contributed by atoms with Crippen molar-refractivity contribution in [3.8, 4) is 0 Å². The smallest absolute Gasteiger partial charge is 0.321 e. The van der Waals surface area contributed by atoms with Gasteiger partial charge in [-0.2, -0.15) is 0 Å². The van der Waals surface area contributed by atoms with Crippen molar-refractivity contribution < 1.29 is 4.79 Å². The van der Waals surface area contributed by atoms with Gasteiger partial charge in [0.05, 0.1) is 0 Å². The van der Waals surface area contributed by atoms with Gasteiger partial charge in [-0.25, -0.2) is 14.8 Å². The fourth-order valence-corrected chi connectivity index (χ4v) is 2.45. The van der Waals surface area contributed by atoms with Crippen LogP contribution in [0.15, 0.2) is 30.6 Å². The van der Waals surface area contributed by atoms with Crippen LogP contribution in [0, 0.1) is 6.92 Å². The lowest BCUT2D eigenvalue weighted by Gasteiger charge is -2.21. The number of carbonyl (C=O) groups excluding carboxylic acids is 1. The van der Waals surface area contributed by atoms with Crippen molar-refractivity contribution in [2.75, 3.05) is 23.7 Å². The Hall–Kier alpha value is -2.63. The quantitative estimate of drug-likeness (QED) is 0.842. The molecule has 0 aliphatic carbocycles. The average molecular weight is 327 g/mol. The molecule has 0 atom stereocenters. The summed E-state index contributed by atoms with van der Waals surface area (Å²) in [5.74, 6) is 0.729. The van der Waals surface area contributed by atoms with Crippen LogP contribution in [0.25, 0.3) is 0 Å². The molecule has 0 radical (unpaired) electrons. The molecular weight excluding hydrogens is 302 g/mol. The van der Waals surface area contributed by atoms with E-state index in [1.54, 1.807) is 4.90 Å². The molecule has 0 unspecified atom stereocenters. The summed E-state index contributed by atoms with van der Waals surface area (Å²) in [7, 11) is 0. The molecule has 2 rings (SSSR count). The lowest BCUT2D eigenvalue weighted by Crippen LogP contribution is -2.34. The van der Waals surface area contributed by atoms with E-state index in [1.165, 1.54) is 6.33 Å². The number of hydrogen-bond donors (Lipinski definition) is 2. The number of nitrogens with one attached hydrogen (secondary N) is 2. The Morgan fingerprint density at radius 3 is 2.50 bits per heavy atom. The topological polar surface area (TPSA) is 70.1 Å². The van der Waals surface area contributed by atoms with Crippen molar-refractivity contribution in [1.82, 2.24) is 14.9 Å². The van der Waals surface area contributed by atoms with Crippen molar-refractivity contribution in [3.63, 3.8) is 0 Å². The lowest BCUT2D eigenvalue weighted by molar-refractivity contribution is 0.217. The van der Waals surface area contributed by atoms with Gasteiger partial charge in [-0.05, 0) is 44.9 Å². The zero-order chi connectivity index (χ0) is 17.5. The van der Waals surface area contributed by atoms with Crippen LogP contribution in [-0.4, -0.2) is 34.0 Å². The largest absolute Gasteiger partial charge is 0.340 e.